The number of benzene rings is 2. The predicted molar refractivity (Wildman–Crippen MR) is 116 cm³/mol. The van der Waals surface area contributed by atoms with Gasteiger partial charge in [0.15, 0.2) is 0 Å². The fraction of sp³-hybridized carbons (Fsp3) is 0.0500. The third-order valence-electron chi connectivity index (χ3n) is 4.04. The second kappa shape index (κ2) is 7.90. The van der Waals surface area contributed by atoms with E-state index in [1.165, 1.54) is 11.3 Å². The molecule has 142 valence electrons. The van der Waals surface area contributed by atoms with E-state index < -0.39 is 10.0 Å². The summed E-state index contributed by atoms with van der Waals surface area (Å²) in [6, 6.07) is 20.6. The van der Waals surface area contributed by atoms with Gasteiger partial charge in [0.25, 0.3) is 10.0 Å². The molecule has 0 fully saturated rings. The Morgan fingerprint density at radius 2 is 1.86 bits per heavy atom. The standard InChI is InChI=1S/C20H16BrN3O2S2/c21-16-8-4-9-17(12-16)23-28(25,26)19-14-24(13-15-6-2-1-3-7-15)22-20(19)18-10-5-11-27-18/h1-12,14,23H,13H2. The van der Waals surface area contributed by atoms with Gasteiger partial charge in [-0.05, 0) is 35.2 Å². The molecule has 0 amide bonds. The Balaban J connectivity index is 1.74. The van der Waals surface area contributed by atoms with Crippen LogP contribution in [0.4, 0.5) is 5.69 Å². The van der Waals surface area contributed by atoms with Gasteiger partial charge in [-0.2, -0.15) is 5.10 Å². The van der Waals surface area contributed by atoms with Gasteiger partial charge in [0.1, 0.15) is 10.6 Å². The maximum atomic E-state index is 13.1. The van der Waals surface area contributed by atoms with Gasteiger partial charge in [0.05, 0.1) is 11.4 Å². The molecule has 0 aliphatic rings. The number of thiophene rings is 1. The van der Waals surface area contributed by atoms with Crippen molar-refractivity contribution in [1.82, 2.24) is 9.78 Å². The zero-order valence-electron chi connectivity index (χ0n) is 14.6. The van der Waals surface area contributed by atoms with Crippen molar-refractivity contribution < 1.29 is 8.42 Å². The summed E-state index contributed by atoms with van der Waals surface area (Å²) in [5.41, 5.74) is 1.99. The first-order chi connectivity index (χ1) is 13.5. The Hall–Kier alpha value is -2.42. The molecule has 1 N–H and O–H groups in total. The maximum Gasteiger partial charge on any atom is 0.265 e. The average molecular weight is 474 g/mol. The maximum absolute atomic E-state index is 13.1. The molecule has 4 rings (SSSR count). The molecule has 0 radical (unpaired) electrons. The van der Waals surface area contributed by atoms with E-state index in [-0.39, 0.29) is 4.90 Å². The second-order valence-electron chi connectivity index (χ2n) is 6.12. The van der Waals surface area contributed by atoms with Gasteiger partial charge in [0, 0.05) is 16.4 Å². The van der Waals surface area contributed by atoms with Gasteiger partial charge in [-0.3, -0.25) is 9.40 Å². The summed E-state index contributed by atoms with van der Waals surface area (Å²) in [5, 5.41) is 6.48. The fourth-order valence-corrected chi connectivity index (χ4v) is 5.20. The lowest BCUT2D eigenvalue weighted by atomic mass is 10.2. The van der Waals surface area contributed by atoms with Crippen molar-refractivity contribution in [1.29, 1.82) is 0 Å². The molecule has 2 aromatic heterocycles. The third-order valence-corrected chi connectivity index (χ3v) is 6.79. The van der Waals surface area contributed by atoms with Crippen LogP contribution in [0.1, 0.15) is 5.56 Å². The molecule has 2 aromatic carbocycles. The first kappa shape index (κ1) is 18.9. The van der Waals surface area contributed by atoms with Crippen LogP contribution in [0.5, 0.6) is 0 Å². The number of rotatable bonds is 6. The average Bonchev–Trinajstić information content (AvgIpc) is 3.32. The Morgan fingerprint density at radius 1 is 1.04 bits per heavy atom. The minimum atomic E-state index is -3.81. The highest BCUT2D eigenvalue weighted by molar-refractivity contribution is 9.10. The van der Waals surface area contributed by atoms with Crippen LogP contribution in [0.2, 0.25) is 0 Å². The van der Waals surface area contributed by atoms with Crippen LogP contribution in [0.15, 0.2) is 87.7 Å². The fourth-order valence-electron chi connectivity index (χ4n) is 2.80. The number of anilines is 1. The van der Waals surface area contributed by atoms with Crippen LogP contribution in [0.25, 0.3) is 10.6 Å². The second-order valence-corrected chi connectivity index (χ2v) is 9.63. The minimum absolute atomic E-state index is 0.158. The minimum Gasteiger partial charge on any atom is -0.279 e. The molecule has 2 heterocycles. The smallest absolute Gasteiger partial charge is 0.265 e. The summed E-state index contributed by atoms with van der Waals surface area (Å²) < 4.78 is 31.4. The predicted octanol–water partition coefficient (Wildman–Crippen LogP) is 5.22. The molecule has 0 aliphatic heterocycles. The Bertz CT molecular complexity index is 1190. The molecule has 0 unspecified atom stereocenters. The number of aromatic nitrogens is 2. The summed E-state index contributed by atoms with van der Waals surface area (Å²) >= 11 is 4.82. The number of sulfonamides is 1. The number of nitrogens with one attached hydrogen (secondary N) is 1. The molecule has 28 heavy (non-hydrogen) atoms. The molecule has 0 atom stereocenters. The first-order valence-electron chi connectivity index (χ1n) is 8.45. The van der Waals surface area contributed by atoms with Crippen LogP contribution in [0, 0.1) is 0 Å². The first-order valence-corrected chi connectivity index (χ1v) is 11.6. The monoisotopic (exact) mass is 473 g/mol. The zero-order valence-corrected chi connectivity index (χ0v) is 17.8. The van der Waals surface area contributed by atoms with Crippen LogP contribution in [-0.2, 0) is 16.6 Å². The van der Waals surface area contributed by atoms with E-state index in [0.717, 1.165) is 14.9 Å². The lowest BCUT2D eigenvalue weighted by molar-refractivity contribution is 0.601. The van der Waals surface area contributed by atoms with Crippen LogP contribution >= 0.6 is 27.3 Å². The van der Waals surface area contributed by atoms with Gasteiger partial charge < -0.3 is 0 Å². The van der Waals surface area contributed by atoms with Crippen LogP contribution in [0.3, 0.4) is 0 Å². The van der Waals surface area contributed by atoms with Crippen molar-refractivity contribution in [3.05, 3.63) is 88.3 Å². The topological polar surface area (TPSA) is 64.0 Å². The Kier molecular flexibility index (Phi) is 5.34. The van der Waals surface area contributed by atoms with Crippen molar-refractivity contribution in [3.8, 4) is 10.6 Å². The van der Waals surface area contributed by atoms with Gasteiger partial charge in [-0.25, -0.2) is 8.42 Å². The molecule has 0 saturated heterocycles. The molecule has 0 spiro atoms. The largest absolute Gasteiger partial charge is 0.279 e. The van der Waals surface area contributed by atoms with Crippen molar-refractivity contribution in [3.63, 3.8) is 0 Å². The van der Waals surface area contributed by atoms with E-state index in [9.17, 15) is 8.42 Å². The van der Waals surface area contributed by atoms with Crippen molar-refractivity contribution >= 4 is 43.0 Å². The molecule has 0 saturated carbocycles. The van der Waals surface area contributed by atoms with Gasteiger partial charge in [-0.1, -0.05) is 58.4 Å². The lowest BCUT2D eigenvalue weighted by Crippen LogP contribution is -2.13. The third kappa shape index (κ3) is 4.19. The van der Waals surface area contributed by atoms with Crippen molar-refractivity contribution in [2.75, 3.05) is 4.72 Å². The molecular weight excluding hydrogens is 458 g/mol. The number of nitrogens with zero attached hydrogens (tertiary/aromatic N) is 2. The molecule has 4 aromatic rings. The molecular formula is C20H16BrN3O2S2. The van der Waals surface area contributed by atoms with Gasteiger partial charge >= 0.3 is 0 Å². The SMILES string of the molecule is O=S(=O)(Nc1cccc(Br)c1)c1cn(Cc2ccccc2)nc1-c1cccs1. The zero-order chi connectivity index (χ0) is 19.6. The van der Waals surface area contributed by atoms with E-state index in [1.54, 1.807) is 29.1 Å². The summed E-state index contributed by atoms with van der Waals surface area (Å²) in [4.78, 5) is 0.965. The molecule has 5 nitrogen and oxygen atoms in total. The highest BCUT2D eigenvalue weighted by Gasteiger charge is 2.24. The molecule has 0 aliphatic carbocycles. The van der Waals surface area contributed by atoms with Crippen molar-refractivity contribution in [2.24, 2.45) is 0 Å². The molecule has 8 heteroatoms. The summed E-state index contributed by atoms with van der Waals surface area (Å²) in [7, 11) is -3.81. The van der Waals surface area contributed by atoms with Crippen LogP contribution < -0.4 is 4.72 Å². The Morgan fingerprint density at radius 3 is 2.57 bits per heavy atom. The lowest BCUT2D eigenvalue weighted by Gasteiger charge is -2.07. The van der Waals surface area contributed by atoms with Crippen molar-refractivity contribution in [2.45, 2.75) is 11.4 Å². The Labute approximate surface area is 175 Å². The number of hydrogen-bond donors (Lipinski definition) is 1. The van der Waals surface area contributed by atoms with E-state index in [1.807, 2.05) is 53.9 Å². The van der Waals surface area contributed by atoms with Gasteiger partial charge in [0.2, 0.25) is 0 Å². The number of halogens is 1. The van der Waals surface area contributed by atoms with Crippen LogP contribution in [-0.4, -0.2) is 18.2 Å². The highest BCUT2D eigenvalue weighted by atomic mass is 79.9. The van der Waals surface area contributed by atoms with E-state index >= 15 is 0 Å². The van der Waals surface area contributed by atoms with E-state index in [4.69, 9.17) is 0 Å². The summed E-state index contributed by atoms with van der Waals surface area (Å²) in [6.45, 7) is 0.492. The normalized spacial score (nSPS) is 11.5. The summed E-state index contributed by atoms with van der Waals surface area (Å²) in [6.07, 6.45) is 1.59. The van der Waals surface area contributed by atoms with Gasteiger partial charge in [-0.15, -0.1) is 11.3 Å². The summed E-state index contributed by atoms with van der Waals surface area (Å²) in [5.74, 6) is 0. The highest BCUT2D eigenvalue weighted by Crippen LogP contribution is 2.31. The van der Waals surface area contributed by atoms with E-state index in [0.29, 0.717) is 17.9 Å². The molecule has 0 bridgehead atoms. The number of hydrogen-bond acceptors (Lipinski definition) is 4. The van der Waals surface area contributed by atoms with E-state index in [2.05, 4.69) is 25.8 Å². The quantitative estimate of drug-likeness (QED) is 0.417.